The second kappa shape index (κ2) is 12.5. The van der Waals surface area contributed by atoms with Crippen molar-refractivity contribution in [2.24, 2.45) is 11.8 Å². The fraction of sp³-hybridized carbons (Fsp3) is 0.520. The number of Topliss-reactive ketones (excluding diaryl/α,β-unsaturated/α-hetero) is 1. The second-order valence-corrected chi connectivity index (χ2v) is 8.28. The lowest BCUT2D eigenvalue weighted by molar-refractivity contribution is -0.147. The molecule has 176 valence electrons. The van der Waals surface area contributed by atoms with E-state index in [1.807, 2.05) is 12.2 Å². The lowest BCUT2D eigenvalue weighted by Crippen LogP contribution is -2.25. The highest BCUT2D eigenvalue weighted by Gasteiger charge is 2.40. The minimum absolute atomic E-state index is 0.0410. The average molecular weight is 451 g/mol. The Bertz CT molecular complexity index is 789. The van der Waals surface area contributed by atoms with Gasteiger partial charge >= 0.3 is 5.97 Å². The minimum atomic E-state index is -3.23. The number of rotatable bonds is 12. The number of ether oxygens (including phenoxy) is 2. The Morgan fingerprint density at radius 1 is 1.25 bits per heavy atom. The number of allylic oxidation sites excluding steroid dienone is 2. The Kier molecular flexibility index (Phi) is 10.0. The molecular formula is C25H32F2O5. The van der Waals surface area contributed by atoms with Gasteiger partial charge in [-0.15, -0.1) is 0 Å². The zero-order chi connectivity index (χ0) is 23.6. The van der Waals surface area contributed by atoms with Crippen LogP contribution in [-0.2, 0) is 14.3 Å². The van der Waals surface area contributed by atoms with Gasteiger partial charge in [-0.3, -0.25) is 9.59 Å². The number of aliphatic hydroxyl groups is 1. The van der Waals surface area contributed by atoms with Crippen molar-refractivity contribution in [2.75, 3.05) is 6.61 Å². The van der Waals surface area contributed by atoms with Crippen LogP contribution in [0.2, 0.25) is 0 Å². The number of ketones is 1. The molecule has 1 aromatic rings. The van der Waals surface area contributed by atoms with E-state index < -0.39 is 30.5 Å². The van der Waals surface area contributed by atoms with Crippen molar-refractivity contribution >= 4 is 11.8 Å². The van der Waals surface area contributed by atoms with Crippen LogP contribution < -0.4 is 4.74 Å². The fourth-order valence-electron chi connectivity index (χ4n) is 3.57. The van der Waals surface area contributed by atoms with Gasteiger partial charge in [0, 0.05) is 24.7 Å². The number of halogens is 2. The maximum atomic E-state index is 14.2. The standard InChI is InChI=1S/C25H32F2O5/c1-18(2)32-24(30)13-9-4-3-8-12-20-21(23(29)16-22(20)28)14-15-25(26,27)17-31-19-10-6-5-7-11-19/h3,5-8,10-11,14-15,18,20-21,23,29H,4,9,12-13,16-17H2,1-2H3/b8-3-,15-14+/t20-,21-,23-/m1/s1. The SMILES string of the molecule is CC(C)OC(=O)CCC/C=C\C[C@H]1C(=O)C[C@@H](O)[C@@H]1/C=C/C(F)(F)COc1ccccc1. The number of esters is 1. The fourth-order valence-corrected chi connectivity index (χ4v) is 3.57. The van der Waals surface area contributed by atoms with E-state index in [0.717, 1.165) is 6.08 Å². The predicted octanol–water partition coefficient (Wildman–Crippen LogP) is 4.89. The summed E-state index contributed by atoms with van der Waals surface area (Å²) < 4.78 is 38.6. The largest absolute Gasteiger partial charge is 0.487 e. The van der Waals surface area contributed by atoms with Gasteiger partial charge in [0.1, 0.15) is 11.5 Å². The third-order valence-electron chi connectivity index (χ3n) is 5.15. The van der Waals surface area contributed by atoms with Crippen molar-refractivity contribution in [3.05, 3.63) is 54.6 Å². The quantitative estimate of drug-likeness (QED) is 0.279. The molecule has 0 amide bonds. The lowest BCUT2D eigenvalue weighted by atomic mass is 9.90. The van der Waals surface area contributed by atoms with E-state index in [2.05, 4.69) is 0 Å². The first-order chi connectivity index (χ1) is 15.2. The van der Waals surface area contributed by atoms with Crippen LogP contribution >= 0.6 is 0 Å². The summed E-state index contributed by atoms with van der Waals surface area (Å²) in [6.45, 7) is 2.76. The highest BCUT2D eigenvalue weighted by Crippen LogP contribution is 2.34. The summed E-state index contributed by atoms with van der Waals surface area (Å²) in [6, 6.07) is 8.33. The third kappa shape index (κ3) is 8.91. The summed E-state index contributed by atoms with van der Waals surface area (Å²) >= 11 is 0. The monoisotopic (exact) mass is 450 g/mol. The van der Waals surface area contributed by atoms with Crippen LogP contribution in [0.15, 0.2) is 54.6 Å². The van der Waals surface area contributed by atoms with E-state index in [-0.39, 0.29) is 24.3 Å². The van der Waals surface area contributed by atoms with Gasteiger partial charge in [0.25, 0.3) is 5.92 Å². The molecule has 1 aliphatic carbocycles. The topological polar surface area (TPSA) is 72.8 Å². The average Bonchev–Trinajstić information content (AvgIpc) is 3.00. The number of carbonyl (C=O) groups is 2. The van der Waals surface area contributed by atoms with Crippen molar-refractivity contribution in [3.63, 3.8) is 0 Å². The van der Waals surface area contributed by atoms with E-state index in [1.54, 1.807) is 44.2 Å². The van der Waals surface area contributed by atoms with Crippen LogP contribution in [0.5, 0.6) is 5.75 Å². The first-order valence-corrected chi connectivity index (χ1v) is 11.0. The molecule has 0 radical (unpaired) electrons. The molecule has 1 N–H and O–H groups in total. The van der Waals surface area contributed by atoms with Crippen molar-refractivity contribution < 1.29 is 33.0 Å². The van der Waals surface area contributed by atoms with Gasteiger partial charge < -0.3 is 14.6 Å². The molecule has 0 aliphatic heterocycles. The second-order valence-electron chi connectivity index (χ2n) is 8.28. The van der Waals surface area contributed by atoms with Gasteiger partial charge in [0.2, 0.25) is 0 Å². The van der Waals surface area contributed by atoms with E-state index in [0.29, 0.717) is 31.4 Å². The molecule has 1 aromatic carbocycles. The molecule has 0 heterocycles. The highest BCUT2D eigenvalue weighted by molar-refractivity contribution is 5.84. The highest BCUT2D eigenvalue weighted by atomic mass is 19.3. The molecule has 1 aliphatic rings. The van der Waals surface area contributed by atoms with Crippen molar-refractivity contribution in [3.8, 4) is 5.75 Å². The van der Waals surface area contributed by atoms with E-state index in [9.17, 15) is 23.5 Å². The molecule has 0 spiro atoms. The zero-order valence-electron chi connectivity index (χ0n) is 18.6. The van der Waals surface area contributed by atoms with Crippen molar-refractivity contribution in [1.82, 2.24) is 0 Å². The third-order valence-corrected chi connectivity index (χ3v) is 5.15. The van der Waals surface area contributed by atoms with Gasteiger partial charge in [0.15, 0.2) is 6.61 Å². The van der Waals surface area contributed by atoms with Crippen LogP contribution in [0.3, 0.4) is 0 Å². The van der Waals surface area contributed by atoms with Gasteiger partial charge in [-0.25, -0.2) is 0 Å². The maximum absolute atomic E-state index is 14.2. The molecule has 3 atom stereocenters. The predicted molar refractivity (Wildman–Crippen MR) is 117 cm³/mol. The Hall–Kier alpha value is -2.54. The molecule has 1 fully saturated rings. The van der Waals surface area contributed by atoms with Gasteiger partial charge in [-0.2, -0.15) is 8.78 Å². The molecule has 1 saturated carbocycles. The molecule has 0 saturated heterocycles. The molecule has 0 aromatic heterocycles. The molecule has 0 bridgehead atoms. The van der Waals surface area contributed by atoms with Gasteiger partial charge in [0.05, 0.1) is 12.2 Å². The molecule has 5 nitrogen and oxygen atoms in total. The Balaban J connectivity index is 1.84. The Labute approximate surface area is 188 Å². The van der Waals surface area contributed by atoms with Crippen LogP contribution in [0.1, 0.15) is 46.0 Å². The van der Waals surface area contributed by atoms with E-state index >= 15 is 0 Å². The molecule has 7 heteroatoms. The number of hydrogen-bond acceptors (Lipinski definition) is 5. The Morgan fingerprint density at radius 3 is 2.66 bits per heavy atom. The summed E-state index contributed by atoms with van der Waals surface area (Å²) in [5.41, 5.74) is 0. The number of carbonyl (C=O) groups excluding carboxylic acids is 2. The lowest BCUT2D eigenvalue weighted by Gasteiger charge is -2.18. The summed E-state index contributed by atoms with van der Waals surface area (Å²) in [5, 5.41) is 10.2. The normalized spacial score (nSPS) is 21.7. The first kappa shape index (κ1) is 25.7. The smallest absolute Gasteiger partial charge is 0.306 e. The van der Waals surface area contributed by atoms with Crippen LogP contribution in [0.4, 0.5) is 8.78 Å². The van der Waals surface area contributed by atoms with E-state index in [1.165, 1.54) is 6.08 Å². The van der Waals surface area contributed by atoms with Gasteiger partial charge in [-0.1, -0.05) is 36.4 Å². The number of alkyl halides is 2. The van der Waals surface area contributed by atoms with Crippen LogP contribution in [0.25, 0.3) is 0 Å². The van der Waals surface area contributed by atoms with E-state index in [4.69, 9.17) is 9.47 Å². The first-order valence-electron chi connectivity index (χ1n) is 11.0. The van der Waals surface area contributed by atoms with Crippen molar-refractivity contribution in [2.45, 2.75) is 64.1 Å². The zero-order valence-corrected chi connectivity index (χ0v) is 18.6. The number of aliphatic hydroxyl groups excluding tert-OH is 1. The molecule has 32 heavy (non-hydrogen) atoms. The maximum Gasteiger partial charge on any atom is 0.306 e. The van der Waals surface area contributed by atoms with Gasteiger partial charge in [-0.05, 0) is 51.3 Å². The summed E-state index contributed by atoms with van der Waals surface area (Å²) in [6.07, 6.45) is 6.42. The van der Waals surface area contributed by atoms with Crippen molar-refractivity contribution in [1.29, 1.82) is 0 Å². The minimum Gasteiger partial charge on any atom is -0.487 e. The molecule has 0 unspecified atom stereocenters. The number of benzene rings is 1. The number of hydrogen-bond donors (Lipinski definition) is 1. The number of para-hydroxylation sites is 1. The number of unbranched alkanes of at least 4 members (excludes halogenated alkanes) is 1. The Morgan fingerprint density at radius 2 is 1.97 bits per heavy atom. The summed E-state index contributed by atoms with van der Waals surface area (Å²) in [5.74, 6) is -4.49. The summed E-state index contributed by atoms with van der Waals surface area (Å²) in [7, 11) is 0. The molecular weight excluding hydrogens is 418 g/mol. The molecule has 2 rings (SSSR count). The summed E-state index contributed by atoms with van der Waals surface area (Å²) in [4.78, 5) is 23.7. The van der Waals surface area contributed by atoms with Crippen LogP contribution in [-0.4, -0.2) is 41.6 Å². The van der Waals surface area contributed by atoms with Crippen LogP contribution in [0, 0.1) is 11.8 Å².